The van der Waals surface area contributed by atoms with Gasteiger partial charge in [-0.25, -0.2) is 4.52 Å². The zero-order chi connectivity index (χ0) is 12.3. The summed E-state index contributed by atoms with van der Waals surface area (Å²) in [6, 6.07) is 0.299. The first kappa shape index (κ1) is 11.8. The fourth-order valence-electron chi connectivity index (χ4n) is 1.97. The lowest BCUT2D eigenvalue weighted by molar-refractivity contribution is 0.551. The molecule has 2 aromatic heterocycles. The molecule has 4 heteroatoms. The van der Waals surface area contributed by atoms with E-state index < -0.39 is 0 Å². The lowest BCUT2D eigenvalue weighted by atomic mass is 10.0. The number of aromatic nitrogens is 3. The van der Waals surface area contributed by atoms with E-state index in [-0.39, 0.29) is 0 Å². The summed E-state index contributed by atoms with van der Waals surface area (Å²) in [5.74, 6) is 0. The predicted molar refractivity (Wildman–Crippen MR) is 68.8 cm³/mol. The van der Waals surface area contributed by atoms with E-state index in [0.717, 1.165) is 18.4 Å². The molecule has 2 aromatic rings. The van der Waals surface area contributed by atoms with Crippen LogP contribution in [-0.4, -0.2) is 21.6 Å². The largest absolute Gasteiger partial charge is 0.313 e. The van der Waals surface area contributed by atoms with Gasteiger partial charge >= 0.3 is 0 Å². The second-order valence-corrected chi connectivity index (χ2v) is 4.34. The minimum Gasteiger partial charge on any atom is -0.313 e. The minimum atomic E-state index is 0.299. The number of nitrogens with one attached hydrogen (secondary N) is 1. The van der Waals surface area contributed by atoms with Crippen LogP contribution in [0, 0.1) is 0 Å². The Labute approximate surface area is 101 Å². The highest BCUT2D eigenvalue weighted by atomic mass is 15.2. The molecule has 0 spiro atoms. The Hall–Kier alpha value is -1.68. The summed E-state index contributed by atoms with van der Waals surface area (Å²) in [4.78, 5) is 4.15. The minimum absolute atomic E-state index is 0.299. The smallest absolute Gasteiger partial charge is 0.0892 e. The number of rotatable bonds is 5. The third-order valence-electron chi connectivity index (χ3n) is 2.94. The van der Waals surface area contributed by atoms with Crippen LogP contribution in [0.4, 0.5) is 0 Å². The van der Waals surface area contributed by atoms with E-state index in [0.29, 0.717) is 6.04 Å². The Morgan fingerprint density at radius 1 is 1.53 bits per heavy atom. The van der Waals surface area contributed by atoms with Crippen molar-refractivity contribution in [2.75, 3.05) is 7.05 Å². The number of allylic oxidation sites excluding steroid dienone is 1. The molecule has 0 aliphatic carbocycles. The Morgan fingerprint density at radius 2 is 2.35 bits per heavy atom. The molecule has 1 unspecified atom stereocenters. The second-order valence-electron chi connectivity index (χ2n) is 4.34. The summed E-state index contributed by atoms with van der Waals surface area (Å²) >= 11 is 0. The molecule has 1 N–H and O–H groups in total. The molecule has 90 valence electrons. The summed E-state index contributed by atoms with van der Waals surface area (Å²) in [6.07, 6.45) is 9.42. The zero-order valence-corrected chi connectivity index (χ0v) is 10.3. The molecule has 4 nitrogen and oxygen atoms in total. The van der Waals surface area contributed by atoms with E-state index in [2.05, 4.69) is 28.9 Å². The lowest BCUT2D eigenvalue weighted by Gasteiger charge is -2.14. The number of hydrogen-bond acceptors (Lipinski definition) is 3. The molecule has 0 aliphatic rings. The summed E-state index contributed by atoms with van der Waals surface area (Å²) in [6.45, 7) is 6.00. The molecule has 0 fully saturated rings. The van der Waals surface area contributed by atoms with Gasteiger partial charge in [-0.15, -0.1) is 6.58 Å². The molecule has 0 aliphatic heterocycles. The average molecular weight is 230 g/mol. The fourth-order valence-corrected chi connectivity index (χ4v) is 1.97. The van der Waals surface area contributed by atoms with Crippen molar-refractivity contribution in [2.45, 2.75) is 25.8 Å². The fraction of sp³-hybridized carbons (Fsp3) is 0.385. The highest BCUT2D eigenvalue weighted by Crippen LogP contribution is 2.23. The van der Waals surface area contributed by atoms with Crippen molar-refractivity contribution in [2.24, 2.45) is 0 Å². The molecule has 0 radical (unpaired) electrons. The van der Waals surface area contributed by atoms with Crippen LogP contribution in [0.2, 0.25) is 0 Å². The monoisotopic (exact) mass is 230 g/mol. The van der Waals surface area contributed by atoms with E-state index in [1.807, 2.05) is 30.2 Å². The maximum absolute atomic E-state index is 4.33. The van der Waals surface area contributed by atoms with Crippen molar-refractivity contribution in [3.05, 3.63) is 42.5 Å². The van der Waals surface area contributed by atoms with Gasteiger partial charge in [0.2, 0.25) is 0 Å². The molecule has 17 heavy (non-hydrogen) atoms. The molecule has 0 aromatic carbocycles. The summed E-state index contributed by atoms with van der Waals surface area (Å²) < 4.78 is 1.85. The van der Waals surface area contributed by atoms with Crippen LogP contribution in [-0.2, 0) is 0 Å². The van der Waals surface area contributed by atoms with Crippen molar-refractivity contribution in [3.63, 3.8) is 0 Å². The quantitative estimate of drug-likeness (QED) is 0.802. The number of hydrogen-bond donors (Lipinski definition) is 1. The van der Waals surface area contributed by atoms with Gasteiger partial charge < -0.3 is 5.32 Å². The topological polar surface area (TPSA) is 42.2 Å². The number of fused-ring (bicyclic) bond motifs is 1. The van der Waals surface area contributed by atoms with E-state index in [1.54, 1.807) is 6.20 Å². The van der Waals surface area contributed by atoms with Crippen LogP contribution >= 0.6 is 0 Å². The molecule has 2 heterocycles. The normalized spacial score (nSPS) is 12.8. The zero-order valence-electron chi connectivity index (χ0n) is 10.3. The molecular formula is C13H18N4. The lowest BCUT2D eigenvalue weighted by Crippen LogP contribution is -2.16. The first-order valence-electron chi connectivity index (χ1n) is 5.81. The Bertz CT molecular complexity index is 515. The summed E-state index contributed by atoms with van der Waals surface area (Å²) in [5, 5.41) is 7.66. The van der Waals surface area contributed by atoms with Crippen LogP contribution in [0.1, 0.15) is 31.4 Å². The van der Waals surface area contributed by atoms with Gasteiger partial charge in [0.25, 0.3) is 0 Å². The number of nitrogens with zero attached hydrogens (tertiary/aromatic N) is 3. The predicted octanol–water partition coefficient (Wildman–Crippen LogP) is 2.35. The van der Waals surface area contributed by atoms with Crippen LogP contribution in [0.3, 0.4) is 0 Å². The summed E-state index contributed by atoms with van der Waals surface area (Å²) in [5.41, 5.74) is 3.47. The maximum Gasteiger partial charge on any atom is 0.0892 e. The van der Waals surface area contributed by atoms with E-state index in [1.165, 1.54) is 11.1 Å². The van der Waals surface area contributed by atoms with Gasteiger partial charge in [0.05, 0.1) is 17.9 Å². The average Bonchev–Trinajstić information content (AvgIpc) is 2.74. The maximum atomic E-state index is 4.33. The highest BCUT2D eigenvalue weighted by molar-refractivity contribution is 5.53. The van der Waals surface area contributed by atoms with E-state index in [4.69, 9.17) is 0 Å². The standard InChI is InChI=1S/C13H18N4/c1-10(2)4-5-12(14-3)11-8-16-17-7-6-15-9-13(11)17/h6-9,12,14H,1,4-5H2,2-3H3. The van der Waals surface area contributed by atoms with Crippen LogP contribution in [0.5, 0.6) is 0 Å². The van der Waals surface area contributed by atoms with Crippen molar-refractivity contribution in [3.8, 4) is 0 Å². The molecule has 0 amide bonds. The van der Waals surface area contributed by atoms with Crippen molar-refractivity contribution >= 4 is 5.52 Å². The third-order valence-corrected chi connectivity index (χ3v) is 2.94. The Kier molecular flexibility index (Phi) is 3.54. The second kappa shape index (κ2) is 5.10. The van der Waals surface area contributed by atoms with Gasteiger partial charge in [0.1, 0.15) is 0 Å². The molecule has 2 rings (SSSR count). The first-order valence-corrected chi connectivity index (χ1v) is 5.81. The van der Waals surface area contributed by atoms with Gasteiger partial charge in [-0.1, -0.05) is 5.57 Å². The van der Waals surface area contributed by atoms with Crippen LogP contribution in [0.15, 0.2) is 36.9 Å². The Balaban J connectivity index is 2.27. The van der Waals surface area contributed by atoms with Gasteiger partial charge in [-0.3, -0.25) is 4.98 Å². The Morgan fingerprint density at radius 3 is 3.06 bits per heavy atom. The van der Waals surface area contributed by atoms with Crippen molar-refractivity contribution < 1.29 is 0 Å². The van der Waals surface area contributed by atoms with Crippen LogP contribution in [0.25, 0.3) is 5.52 Å². The van der Waals surface area contributed by atoms with Crippen molar-refractivity contribution in [1.82, 2.24) is 19.9 Å². The van der Waals surface area contributed by atoms with Gasteiger partial charge in [-0.2, -0.15) is 5.10 Å². The molecular weight excluding hydrogens is 212 g/mol. The third kappa shape index (κ3) is 2.53. The SMILES string of the molecule is C=C(C)CCC(NC)c1cnn2ccncc12. The van der Waals surface area contributed by atoms with Crippen molar-refractivity contribution in [1.29, 1.82) is 0 Å². The van der Waals surface area contributed by atoms with Gasteiger partial charge in [0, 0.05) is 24.0 Å². The molecule has 1 atom stereocenters. The first-order chi connectivity index (χ1) is 8.22. The highest BCUT2D eigenvalue weighted by Gasteiger charge is 2.14. The van der Waals surface area contributed by atoms with Crippen LogP contribution < -0.4 is 5.32 Å². The van der Waals surface area contributed by atoms with Gasteiger partial charge in [-0.05, 0) is 26.8 Å². The molecule has 0 bridgehead atoms. The van der Waals surface area contributed by atoms with Gasteiger partial charge in [0.15, 0.2) is 0 Å². The molecule has 0 saturated heterocycles. The molecule has 0 saturated carbocycles. The van der Waals surface area contributed by atoms with E-state index in [9.17, 15) is 0 Å². The van der Waals surface area contributed by atoms with E-state index >= 15 is 0 Å². The summed E-state index contributed by atoms with van der Waals surface area (Å²) in [7, 11) is 1.98.